The smallest absolute Gasteiger partial charge is 0.417 e. The van der Waals surface area contributed by atoms with Gasteiger partial charge >= 0.3 is 12.1 Å². The number of anilines is 1. The lowest BCUT2D eigenvalue weighted by atomic mass is 9.85. The van der Waals surface area contributed by atoms with E-state index in [0.717, 1.165) is 4.90 Å². The largest absolute Gasteiger partial charge is 0.506 e. The van der Waals surface area contributed by atoms with E-state index in [1.807, 2.05) is 0 Å². The molecule has 0 bridgehead atoms. The molecule has 3 atom stereocenters. The maximum atomic E-state index is 13.3. The van der Waals surface area contributed by atoms with E-state index < -0.39 is 58.9 Å². The Morgan fingerprint density at radius 2 is 1.82 bits per heavy atom. The molecule has 0 spiro atoms. The molecule has 2 aliphatic heterocycles. The molecular formula is C24H16ClF3N4O6. The number of carbonyl (C=O) groups excluding carboxylic acids is 3. The predicted octanol–water partition coefficient (Wildman–Crippen LogP) is 2.84. The lowest BCUT2D eigenvalue weighted by molar-refractivity contribution is -0.145. The molecule has 1 aromatic heterocycles. The topological polar surface area (TPSA) is 149 Å². The molecule has 3 N–H and O–H groups in total. The number of rotatable bonds is 6. The van der Waals surface area contributed by atoms with Crippen molar-refractivity contribution in [2.45, 2.75) is 12.2 Å². The van der Waals surface area contributed by atoms with Gasteiger partial charge in [-0.3, -0.25) is 24.3 Å². The van der Waals surface area contributed by atoms with Crippen molar-refractivity contribution in [2.24, 2.45) is 16.8 Å². The molecule has 196 valence electrons. The number of carboxylic acid groups (broad SMARTS) is 1. The molecule has 5 rings (SSSR count). The summed E-state index contributed by atoms with van der Waals surface area (Å²) in [6, 6.07) is 5.11. The van der Waals surface area contributed by atoms with Crippen molar-refractivity contribution in [1.29, 1.82) is 0 Å². The van der Waals surface area contributed by atoms with Gasteiger partial charge in [0.2, 0.25) is 11.8 Å². The van der Waals surface area contributed by atoms with Gasteiger partial charge in [-0.25, -0.2) is 9.78 Å². The number of carbonyl (C=O) groups is 4. The molecule has 1 saturated heterocycles. The van der Waals surface area contributed by atoms with Crippen molar-refractivity contribution in [2.75, 3.05) is 18.4 Å². The second-order valence-electron chi connectivity index (χ2n) is 8.71. The third kappa shape index (κ3) is 3.90. The number of aliphatic hydroxyl groups is 1. The number of nitrogens with one attached hydrogen (secondary N) is 1. The summed E-state index contributed by atoms with van der Waals surface area (Å²) < 4.78 is 38.5. The van der Waals surface area contributed by atoms with Crippen molar-refractivity contribution in [3.05, 3.63) is 63.8 Å². The number of alkyl halides is 3. The second kappa shape index (κ2) is 8.94. The highest BCUT2D eigenvalue weighted by atomic mass is 35.5. The van der Waals surface area contributed by atoms with Crippen LogP contribution in [0.2, 0.25) is 5.02 Å². The SMILES string of the molecule is O=C1C(C2=N[C@@H](C(=O)O)[C@@H]3C(=O)N(CCNc4ncc(C(F)(F)F)cc4Cl)C(=O)[C@@H]23)=C(O)c2ccccc21. The van der Waals surface area contributed by atoms with Gasteiger partial charge in [0.05, 0.1) is 33.7 Å². The van der Waals surface area contributed by atoms with Crippen LogP contribution in [0.15, 0.2) is 47.1 Å². The van der Waals surface area contributed by atoms with E-state index >= 15 is 0 Å². The Labute approximate surface area is 216 Å². The van der Waals surface area contributed by atoms with Crippen molar-refractivity contribution in [1.82, 2.24) is 9.88 Å². The first-order chi connectivity index (χ1) is 17.9. The number of aromatic nitrogens is 1. The van der Waals surface area contributed by atoms with E-state index in [2.05, 4.69) is 15.3 Å². The minimum Gasteiger partial charge on any atom is -0.506 e. The van der Waals surface area contributed by atoms with Crippen LogP contribution in [0.3, 0.4) is 0 Å². The highest BCUT2D eigenvalue weighted by Crippen LogP contribution is 2.43. The number of aliphatic imine (C=N–C) groups is 1. The fourth-order valence-electron chi connectivity index (χ4n) is 4.83. The van der Waals surface area contributed by atoms with Crippen molar-refractivity contribution < 1.29 is 42.6 Å². The number of halogens is 4. The van der Waals surface area contributed by atoms with E-state index in [4.69, 9.17) is 11.6 Å². The van der Waals surface area contributed by atoms with Gasteiger partial charge in [-0.1, -0.05) is 35.9 Å². The van der Waals surface area contributed by atoms with Crippen LogP contribution in [-0.2, 0) is 20.6 Å². The Bertz CT molecular complexity index is 1490. The molecule has 0 saturated carbocycles. The lowest BCUT2D eigenvalue weighted by Gasteiger charge is -2.18. The lowest BCUT2D eigenvalue weighted by Crippen LogP contribution is -2.38. The molecule has 1 fully saturated rings. The third-order valence-corrected chi connectivity index (χ3v) is 6.84. The number of amides is 2. The van der Waals surface area contributed by atoms with E-state index in [0.29, 0.717) is 12.3 Å². The summed E-state index contributed by atoms with van der Waals surface area (Å²) in [6.07, 6.45) is -4.07. The highest BCUT2D eigenvalue weighted by Gasteiger charge is 2.60. The molecule has 38 heavy (non-hydrogen) atoms. The van der Waals surface area contributed by atoms with Crippen molar-refractivity contribution in [3.8, 4) is 0 Å². The van der Waals surface area contributed by atoms with Crippen LogP contribution in [0.4, 0.5) is 19.0 Å². The summed E-state index contributed by atoms with van der Waals surface area (Å²) in [5, 5.41) is 22.7. The Kier molecular flexibility index (Phi) is 5.97. The zero-order valence-electron chi connectivity index (χ0n) is 19.0. The summed E-state index contributed by atoms with van der Waals surface area (Å²) in [5.41, 5.74) is -1.31. The second-order valence-corrected chi connectivity index (χ2v) is 9.11. The van der Waals surface area contributed by atoms with Crippen molar-refractivity contribution >= 4 is 52.5 Å². The number of aliphatic hydroxyl groups excluding tert-OH is 1. The highest BCUT2D eigenvalue weighted by molar-refractivity contribution is 6.40. The zero-order chi connectivity index (χ0) is 27.5. The number of aliphatic carboxylic acids is 1. The van der Waals surface area contributed by atoms with Crippen LogP contribution in [0.1, 0.15) is 21.5 Å². The third-order valence-electron chi connectivity index (χ3n) is 6.55. The number of nitrogens with zero attached hydrogens (tertiary/aromatic N) is 3. The predicted molar refractivity (Wildman–Crippen MR) is 126 cm³/mol. The number of likely N-dealkylation sites (tertiary alicyclic amines) is 1. The number of Topliss-reactive ketones (excluding diaryl/α,β-unsaturated/α-hetero) is 1. The molecule has 0 unspecified atom stereocenters. The number of allylic oxidation sites excluding steroid dienone is 1. The molecule has 14 heteroatoms. The molecule has 2 aromatic rings. The maximum Gasteiger partial charge on any atom is 0.417 e. The normalized spacial score (nSPS) is 22.6. The maximum absolute atomic E-state index is 13.3. The van der Waals surface area contributed by atoms with Gasteiger partial charge in [0, 0.05) is 30.4 Å². The molecule has 1 aromatic carbocycles. The number of fused-ring (bicyclic) bond motifs is 2. The van der Waals surface area contributed by atoms with Gasteiger partial charge in [0.15, 0.2) is 11.8 Å². The fraction of sp³-hybridized carbons (Fsp3) is 0.250. The summed E-state index contributed by atoms with van der Waals surface area (Å²) >= 11 is 5.86. The summed E-state index contributed by atoms with van der Waals surface area (Å²) in [6.45, 7) is -0.472. The van der Waals surface area contributed by atoms with E-state index in [-0.39, 0.29) is 46.3 Å². The summed E-state index contributed by atoms with van der Waals surface area (Å²) in [7, 11) is 0. The number of imide groups is 1. The Hall–Kier alpha value is -4.26. The molecule has 3 heterocycles. The van der Waals surface area contributed by atoms with Gasteiger partial charge in [-0.15, -0.1) is 0 Å². The Balaban J connectivity index is 1.38. The molecule has 3 aliphatic rings. The number of hydrogen-bond donors (Lipinski definition) is 3. The number of ketones is 1. The van der Waals surface area contributed by atoms with E-state index in [1.165, 1.54) is 12.1 Å². The van der Waals surface area contributed by atoms with Crippen LogP contribution < -0.4 is 5.32 Å². The van der Waals surface area contributed by atoms with Crippen LogP contribution in [0, 0.1) is 11.8 Å². The average Bonchev–Trinajstić information content (AvgIpc) is 3.45. The summed E-state index contributed by atoms with van der Waals surface area (Å²) in [4.78, 5) is 59.8. The van der Waals surface area contributed by atoms with Crippen LogP contribution in [-0.4, -0.2) is 68.5 Å². The minimum atomic E-state index is -4.65. The van der Waals surface area contributed by atoms with Gasteiger partial charge in [-0.2, -0.15) is 13.2 Å². The number of hydrogen-bond acceptors (Lipinski definition) is 8. The first-order valence-corrected chi connectivity index (χ1v) is 11.5. The summed E-state index contributed by atoms with van der Waals surface area (Å²) in [5.74, 6) is -7.22. The number of pyridine rings is 1. The Morgan fingerprint density at radius 3 is 2.42 bits per heavy atom. The van der Waals surface area contributed by atoms with E-state index in [1.54, 1.807) is 12.1 Å². The average molecular weight is 549 g/mol. The van der Waals surface area contributed by atoms with Crippen LogP contribution in [0.5, 0.6) is 0 Å². The molecule has 1 aliphatic carbocycles. The molecule has 2 amide bonds. The standard InChI is InChI=1S/C24H16ClF3N4O6/c25-12-7-9(24(26,27)28)8-30-20(12)29-5-6-32-21(35)13-14(22(32)36)17(23(37)38)31-16(13)15-18(33)10-3-1-2-4-11(10)19(15)34/h1-4,7-8,13-14,17,33H,5-6H2,(H,29,30)(H,37,38)/t13-,14-,17-/m1/s1. The van der Waals surface area contributed by atoms with Gasteiger partial charge in [0.1, 0.15) is 11.6 Å². The quantitative estimate of drug-likeness (QED) is 0.467. The van der Waals surface area contributed by atoms with Crippen LogP contribution >= 0.6 is 11.6 Å². The fourth-order valence-corrected chi connectivity index (χ4v) is 5.06. The first-order valence-electron chi connectivity index (χ1n) is 11.1. The first kappa shape index (κ1) is 25.4. The van der Waals surface area contributed by atoms with Crippen LogP contribution in [0.25, 0.3) is 5.76 Å². The Morgan fingerprint density at radius 1 is 1.13 bits per heavy atom. The monoisotopic (exact) mass is 548 g/mol. The van der Waals surface area contributed by atoms with E-state index in [9.17, 15) is 42.6 Å². The van der Waals surface area contributed by atoms with Gasteiger partial charge < -0.3 is 15.5 Å². The zero-order valence-corrected chi connectivity index (χ0v) is 19.7. The molecular weight excluding hydrogens is 533 g/mol. The number of benzene rings is 1. The minimum absolute atomic E-state index is 0.117. The van der Waals surface area contributed by atoms with Crippen molar-refractivity contribution in [3.63, 3.8) is 0 Å². The molecule has 10 nitrogen and oxygen atoms in total. The van der Waals surface area contributed by atoms with Gasteiger partial charge in [0.25, 0.3) is 0 Å². The number of carboxylic acids is 1. The molecule has 0 radical (unpaired) electrons. The van der Waals surface area contributed by atoms with Gasteiger partial charge in [-0.05, 0) is 6.07 Å².